The predicted octanol–water partition coefficient (Wildman–Crippen LogP) is 3.95. The smallest absolute Gasteiger partial charge is 0.263 e. The van der Waals surface area contributed by atoms with Gasteiger partial charge in [0.2, 0.25) is 12.7 Å². The van der Waals surface area contributed by atoms with Crippen molar-refractivity contribution >= 4 is 27.4 Å². The molecule has 12 heteroatoms. The minimum atomic E-state index is -3.87. The van der Waals surface area contributed by atoms with Crippen LogP contribution in [0.1, 0.15) is 30.1 Å². The summed E-state index contributed by atoms with van der Waals surface area (Å²) in [6.45, 7) is 3.62. The Balaban J connectivity index is 1.15. The lowest BCUT2D eigenvalue weighted by molar-refractivity contribution is -0.118. The molecule has 1 fully saturated rings. The Morgan fingerprint density at radius 1 is 0.947 bits per heavy atom. The summed E-state index contributed by atoms with van der Waals surface area (Å²) in [5, 5.41) is 7.05. The molecule has 0 unspecified atom stereocenters. The molecule has 1 amide bonds. The first kappa shape index (κ1) is 23.9. The second-order valence-electron chi connectivity index (χ2n) is 9.25. The fourth-order valence-electron chi connectivity index (χ4n) is 4.35. The summed E-state index contributed by atoms with van der Waals surface area (Å²) in [5.41, 5.74) is 1.63. The van der Waals surface area contributed by atoms with Crippen LogP contribution in [0.25, 0.3) is 11.3 Å². The Bertz CT molecular complexity index is 1640. The number of nitrogens with zero attached hydrogens (tertiary/aromatic N) is 3. The molecule has 1 aliphatic heterocycles. The second-order valence-corrected chi connectivity index (χ2v) is 10.9. The van der Waals surface area contributed by atoms with Gasteiger partial charge in [-0.15, -0.1) is 0 Å². The van der Waals surface area contributed by atoms with Crippen molar-refractivity contribution in [1.82, 2.24) is 15.1 Å². The monoisotopic (exact) mass is 533 g/mol. The lowest BCUT2D eigenvalue weighted by Crippen LogP contribution is -2.28. The van der Waals surface area contributed by atoms with E-state index in [0.29, 0.717) is 53.0 Å². The number of anilines is 2. The molecule has 11 nitrogen and oxygen atoms in total. The molecule has 1 saturated carbocycles. The molecule has 0 saturated heterocycles. The molecule has 0 atom stereocenters. The highest BCUT2D eigenvalue weighted by molar-refractivity contribution is 7.92. The molecule has 0 radical (unpaired) electrons. The number of hydrogen-bond acceptors (Lipinski definition) is 9. The molecule has 4 aromatic rings. The Kier molecular flexibility index (Phi) is 5.56. The number of aromatic nitrogens is 3. The van der Waals surface area contributed by atoms with E-state index in [1.165, 1.54) is 12.1 Å². The minimum absolute atomic E-state index is 0.0374. The van der Waals surface area contributed by atoms with Crippen molar-refractivity contribution in [2.24, 2.45) is 0 Å². The highest BCUT2D eigenvalue weighted by Gasteiger charge is 2.54. The van der Waals surface area contributed by atoms with Crippen LogP contribution in [0, 0.1) is 13.8 Å². The maximum Gasteiger partial charge on any atom is 0.263 e. The fraction of sp³-hybridized carbons (Fsp3) is 0.231. The number of nitrogens with one attached hydrogen (secondary N) is 2. The molecule has 2 aromatic carbocycles. The third-order valence-corrected chi connectivity index (χ3v) is 7.84. The second kappa shape index (κ2) is 8.84. The molecule has 0 bridgehead atoms. The van der Waals surface area contributed by atoms with Gasteiger partial charge in [0.15, 0.2) is 17.3 Å². The molecule has 6 rings (SSSR count). The first-order chi connectivity index (χ1) is 18.2. The molecule has 2 N–H and O–H groups in total. The molecule has 3 heterocycles. The quantitative estimate of drug-likeness (QED) is 0.361. The van der Waals surface area contributed by atoms with Crippen molar-refractivity contribution in [3.8, 4) is 22.8 Å². The van der Waals surface area contributed by atoms with Crippen LogP contribution in [-0.4, -0.2) is 36.2 Å². The summed E-state index contributed by atoms with van der Waals surface area (Å²) in [4.78, 5) is 21.5. The maximum atomic E-state index is 13.2. The van der Waals surface area contributed by atoms with Crippen molar-refractivity contribution in [2.45, 2.75) is 37.0 Å². The Hall–Kier alpha value is -4.45. The van der Waals surface area contributed by atoms with E-state index < -0.39 is 15.4 Å². The first-order valence-corrected chi connectivity index (χ1v) is 13.3. The van der Waals surface area contributed by atoms with Gasteiger partial charge in [0.05, 0.1) is 16.0 Å². The van der Waals surface area contributed by atoms with Crippen LogP contribution in [-0.2, 0) is 20.2 Å². The van der Waals surface area contributed by atoms with Crippen molar-refractivity contribution in [3.05, 3.63) is 71.8 Å². The van der Waals surface area contributed by atoms with E-state index in [-0.39, 0.29) is 23.4 Å². The van der Waals surface area contributed by atoms with E-state index in [0.717, 1.165) is 5.56 Å². The molecule has 0 spiro atoms. The number of hydrogen-bond donors (Lipinski definition) is 2. The van der Waals surface area contributed by atoms with E-state index in [9.17, 15) is 13.2 Å². The van der Waals surface area contributed by atoms with Crippen LogP contribution in [0.3, 0.4) is 0 Å². The van der Waals surface area contributed by atoms with E-state index in [1.807, 2.05) is 12.1 Å². The lowest BCUT2D eigenvalue weighted by atomic mass is 10.00. The summed E-state index contributed by atoms with van der Waals surface area (Å²) in [7, 11) is -3.87. The van der Waals surface area contributed by atoms with Crippen molar-refractivity contribution in [1.29, 1.82) is 0 Å². The summed E-state index contributed by atoms with van der Waals surface area (Å²) < 4.78 is 44.4. The number of ether oxygens (including phenoxy) is 2. The molecule has 1 aliphatic carbocycles. The lowest BCUT2D eigenvalue weighted by Gasteiger charge is -2.13. The Labute approximate surface area is 218 Å². The van der Waals surface area contributed by atoms with Crippen LogP contribution >= 0.6 is 0 Å². The maximum absolute atomic E-state index is 13.2. The summed E-state index contributed by atoms with van der Waals surface area (Å²) in [6.07, 6.45) is 1.25. The van der Waals surface area contributed by atoms with Gasteiger partial charge in [0.1, 0.15) is 11.6 Å². The fourth-order valence-corrected chi connectivity index (χ4v) is 5.34. The largest absolute Gasteiger partial charge is 0.454 e. The summed E-state index contributed by atoms with van der Waals surface area (Å²) in [6, 6.07) is 14.7. The average Bonchev–Trinajstić information content (AvgIpc) is 3.30. The van der Waals surface area contributed by atoms with Crippen LogP contribution in [0.2, 0.25) is 0 Å². The Morgan fingerprint density at radius 3 is 2.45 bits per heavy atom. The number of carbonyl (C=O) groups excluding carboxylic acids is 1. The molecule has 194 valence electrons. The zero-order chi connectivity index (χ0) is 26.5. The van der Waals surface area contributed by atoms with Gasteiger partial charge in [-0.25, -0.2) is 18.4 Å². The van der Waals surface area contributed by atoms with Crippen molar-refractivity contribution in [2.75, 3.05) is 16.8 Å². The number of benzene rings is 2. The molecule has 38 heavy (non-hydrogen) atoms. The van der Waals surface area contributed by atoms with E-state index in [2.05, 4.69) is 25.2 Å². The van der Waals surface area contributed by atoms with E-state index in [4.69, 9.17) is 14.0 Å². The van der Waals surface area contributed by atoms with Gasteiger partial charge in [-0.05, 0) is 69.2 Å². The van der Waals surface area contributed by atoms with Crippen molar-refractivity contribution < 1.29 is 27.2 Å². The topological polar surface area (TPSA) is 146 Å². The van der Waals surface area contributed by atoms with E-state index >= 15 is 0 Å². The van der Waals surface area contributed by atoms with Crippen LogP contribution in [0.4, 0.5) is 11.5 Å². The normalized spacial score (nSPS) is 15.2. The van der Waals surface area contributed by atoms with E-state index in [1.54, 1.807) is 44.2 Å². The van der Waals surface area contributed by atoms with Gasteiger partial charge in [-0.1, -0.05) is 5.16 Å². The predicted molar refractivity (Wildman–Crippen MR) is 136 cm³/mol. The molecule has 2 aromatic heterocycles. The number of fused-ring (bicyclic) bond motifs is 1. The minimum Gasteiger partial charge on any atom is -0.454 e. The SMILES string of the molecule is Cc1cc(NS(=O)(=O)c2ccc(NC(=O)C3(c4cc(-c5ccc6c(c5)OCO6)on4)CC3)cc2)nc(C)n1. The highest BCUT2D eigenvalue weighted by atomic mass is 32.2. The van der Waals surface area contributed by atoms with Gasteiger partial charge >= 0.3 is 0 Å². The number of amides is 1. The molecular formula is C26H23N5O6S. The third kappa shape index (κ3) is 4.43. The number of sulfonamides is 1. The van der Waals surface area contributed by atoms with Crippen LogP contribution < -0.4 is 19.5 Å². The molecular weight excluding hydrogens is 510 g/mol. The standard InChI is InChI=1S/C26H23N5O6S/c1-15-11-24(28-16(2)27-15)31-38(33,34)19-6-4-18(5-7-19)29-25(32)26(9-10-26)23-13-21(37-30-23)17-3-8-20-22(12-17)36-14-35-20/h3-8,11-13H,9-10,14H2,1-2H3,(H,29,32)(H,27,28,31). The number of carbonyl (C=O) groups is 1. The summed E-state index contributed by atoms with van der Waals surface area (Å²) >= 11 is 0. The van der Waals surface area contributed by atoms with Gasteiger partial charge < -0.3 is 19.3 Å². The van der Waals surface area contributed by atoms with Gasteiger partial charge in [-0.2, -0.15) is 0 Å². The summed E-state index contributed by atoms with van der Waals surface area (Å²) in [5.74, 6) is 2.24. The number of rotatable bonds is 7. The zero-order valence-corrected chi connectivity index (χ0v) is 21.3. The zero-order valence-electron chi connectivity index (χ0n) is 20.5. The first-order valence-electron chi connectivity index (χ1n) is 11.9. The number of aryl methyl sites for hydroxylation is 2. The van der Waals surface area contributed by atoms with Gasteiger partial charge in [0, 0.05) is 29.1 Å². The third-order valence-electron chi connectivity index (χ3n) is 6.47. The van der Waals surface area contributed by atoms with Gasteiger partial charge in [-0.3, -0.25) is 9.52 Å². The van der Waals surface area contributed by atoms with Crippen molar-refractivity contribution in [3.63, 3.8) is 0 Å². The Morgan fingerprint density at radius 2 is 1.71 bits per heavy atom. The van der Waals surface area contributed by atoms with Crippen LogP contribution in [0.5, 0.6) is 11.5 Å². The molecule has 2 aliphatic rings. The van der Waals surface area contributed by atoms with Gasteiger partial charge in [0.25, 0.3) is 10.0 Å². The van der Waals surface area contributed by atoms with Crippen LogP contribution in [0.15, 0.2) is 64.0 Å². The average molecular weight is 534 g/mol. The highest BCUT2D eigenvalue weighted by Crippen LogP contribution is 2.49.